The van der Waals surface area contributed by atoms with Gasteiger partial charge in [0.25, 0.3) is 0 Å². The van der Waals surface area contributed by atoms with Crippen LogP contribution in [-0.2, 0) is 9.53 Å². The zero-order chi connectivity index (χ0) is 15.6. The summed E-state index contributed by atoms with van der Waals surface area (Å²) in [4.78, 5) is 12.1. The van der Waals surface area contributed by atoms with Crippen LogP contribution in [0, 0.1) is 5.82 Å². The Balaban J connectivity index is 0.00000242. The fourth-order valence-corrected chi connectivity index (χ4v) is 3.09. The van der Waals surface area contributed by atoms with Gasteiger partial charge in [0.2, 0.25) is 5.91 Å². The fraction of sp³-hybridized carbons (Fsp3) is 0.500. The van der Waals surface area contributed by atoms with Crippen molar-refractivity contribution < 1.29 is 13.9 Å². The molecule has 4 nitrogen and oxygen atoms in total. The monoisotopic (exact) mass is 370 g/mol. The SMILES string of the molecule is CC(NC(=O)[C@@H]1CC[C@H](CN)O1)c1c(Cl)ccc(F)c1Cl.Cl. The number of ether oxygens (including phenoxy) is 1. The van der Waals surface area contributed by atoms with E-state index in [1.54, 1.807) is 6.92 Å². The molecule has 1 fully saturated rings. The highest BCUT2D eigenvalue weighted by Gasteiger charge is 2.31. The van der Waals surface area contributed by atoms with E-state index in [0.29, 0.717) is 23.6 Å². The molecule has 8 heteroatoms. The van der Waals surface area contributed by atoms with Gasteiger partial charge in [-0.3, -0.25) is 4.79 Å². The Morgan fingerprint density at radius 1 is 1.50 bits per heavy atom. The number of hydrogen-bond acceptors (Lipinski definition) is 3. The lowest BCUT2D eigenvalue weighted by Crippen LogP contribution is -2.37. The van der Waals surface area contributed by atoms with E-state index in [4.69, 9.17) is 33.7 Å². The molecule has 1 aliphatic heterocycles. The number of halogens is 4. The molecule has 22 heavy (non-hydrogen) atoms. The third kappa shape index (κ3) is 4.24. The predicted octanol–water partition coefficient (Wildman–Crippen LogP) is 3.24. The molecule has 3 N–H and O–H groups in total. The van der Waals surface area contributed by atoms with Crippen molar-refractivity contribution in [3.8, 4) is 0 Å². The normalized spacial score (nSPS) is 22.0. The quantitative estimate of drug-likeness (QED) is 0.799. The molecule has 124 valence electrons. The number of carbonyl (C=O) groups excluding carboxylic acids is 1. The Morgan fingerprint density at radius 3 is 2.77 bits per heavy atom. The standard InChI is InChI=1S/C14H17Cl2FN2O2.ClH/c1-7(12-9(15)3-4-10(17)13(12)16)19-14(20)11-5-2-8(6-18)21-11;/h3-4,7-8,11H,2,5-6,18H2,1H3,(H,19,20);1H/t7?,8-,11+;/m1./s1. The summed E-state index contributed by atoms with van der Waals surface area (Å²) in [6, 6.07) is 2.08. The van der Waals surface area contributed by atoms with Crippen molar-refractivity contribution in [2.24, 2.45) is 5.73 Å². The van der Waals surface area contributed by atoms with Crippen molar-refractivity contribution in [3.05, 3.63) is 33.6 Å². The van der Waals surface area contributed by atoms with Crippen molar-refractivity contribution in [2.75, 3.05) is 6.54 Å². The number of amides is 1. The molecule has 0 aliphatic carbocycles. The lowest BCUT2D eigenvalue weighted by molar-refractivity contribution is -0.132. The molecule has 2 rings (SSSR count). The maximum atomic E-state index is 13.5. The minimum atomic E-state index is -0.572. The fourth-order valence-electron chi connectivity index (χ4n) is 2.39. The second-order valence-corrected chi connectivity index (χ2v) is 5.83. The molecule has 0 radical (unpaired) electrons. The van der Waals surface area contributed by atoms with Crippen LogP contribution in [0.3, 0.4) is 0 Å². The summed E-state index contributed by atoms with van der Waals surface area (Å²) in [7, 11) is 0. The average Bonchev–Trinajstić information content (AvgIpc) is 2.92. The summed E-state index contributed by atoms with van der Waals surface area (Å²) in [6.07, 6.45) is 0.750. The molecule has 1 aliphatic rings. The van der Waals surface area contributed by atoms with Gasteiger partial charge in [0.15, 0.2) is 0 Å². The van der Waals surface area contributed by atoms with Crippen molar-refractivity contribution in [1.82, 2.24) is 5.32 Å². The minimum absolute atomic E-state index is 0. The Bertz CT molecular complexity index is 545. The first kappa shape index (κ1) is 19.5. The van der Waals surface area contributed by atoms with Crippen LogP contribution < -0.4 is 11.1 Å². The zero-order valence-corrected chi connectivity index (χ0v) is 14.3. The van der Waals surface area contributed by atoms with Crippen LogP contribution in [0.15, 0.2) is 12.1 Å². The molecule has 1 heterocycles. The van der Waals surface area contributed by atoms with E-state index in [1.807, 2.05) is 0 Å². The van der Waals surface area contributed by atoms with Gasteiger partial charge in [-0.05, 0) is 31.9 Å². The number of hydrogen-bond donors (Lipinski definition) is 2. The van der Waals surface area contributed by atoms with Gasteiger partial charge in [0.05, 0.1) is 17.2 Å². The van der Waals surface area contributed by atoms with Crippen LogP contribution in [0.25, 0.3) is 0 Å². The molecule has 1 aromatic rings. The molecule has 1 amide bonds. The van der Waals surface area contributed by atoms with Gasteiger partial charge in [-0.15, -0.1) is 12.4 Å². The summed E-state index contributed by atoms with van der Waals surface area (Å²) >= 11 is 12.0. The Morgan fingerprint density at radius 2 is 2.18 bits per heavy atom. The van der Waals surface area contributed by atoms with Gasteiger partial charge in [-0.25, -0.2) is 4.39 Å². The average molecular weight is 372 g/mol. The van der Waals surface area contributed by atoms with Crippen molar-refractivity contribution in [1.29, 1.82) is 0 Å². The maximum Gasteiger partial charge on any atom is 0.249 e. The minimum Gasteiger partial charge on any atom is -0.364 e. The molecular formula is C14H18Cl3FN2O2. The summed E-state index contributed by atoms with van der Waals surface area (Å²) in [6.45, 7) is 2.08. The Kier molecular flexibility index (Phi) is 7.35. The van der Waals surface area contributed by atoms with Crippen LogP contribution in [0.4, 0.5) is 4.39 Å². The van der Waals surface area contributed by atoms with Crippen LogP contribution >= 0.6 is 35.6 Å². The number of nitrogens with one attached hydrogen (secondary N) is 1. The van der Waals surface area contributed by atoms with E-state index in [9.17, 15) is 9.18 Å². The van der Waals surface area contributed by atoms with Crippen LogP contribution in [0.2, 0.25) is 10.0 Å². The van der Waals surface area contributed by atoms with E-state index >= 15 is 0 Å². The molecule has 3 atom stereocenters. The first-order valence-corrected chi connectivity index (χ1v) is 7.49. The number of benzene rings is 1. The van der Waals surface area contributed by atoms with Crippen LogP contribution in [0.5, 0.6) is 0 Å². The van der Waals surface area contributed by atoms with Gasteiger partial charge in [-0.2, -0.15) is 0 Å². The van der Waals surface area contributed by atoms with E-state index in [2.05, 4.69) is 5.32 Å². The lowest BCUT2D eigenvalue weighted by atomic mass is 10.1. The van der Waals surface area contributed by atoms with E-state index in [0.717, 1.165) is 6.42 Å². The molecule has 0 aromatic heterocycles. The van der Waals surface area contributed by atoms with Gasteiger partial charge >= 0.3 is 0 Å². The summed E-state index contributed by atoms with van der Waals surface area (Å²) in [5.74, 6) is -0.840. The highest BCUT2D eigenvalue weighted by molar-refractivity contribution is 6.36. The lowest BCUT2D eigenvalue weighted by Gasteiger charge is -2.20. The third-order valence-electron chi connectivity index (χ3n) is 3.53. The van der Waals surface area contributed by atoms with Crippen molar-refractivity contribution >= 4 is 41.5 Å². The number of nitrogens with two attached hydrogens (primary N) is 1. The first-order chi connectivity index (χ1) is 9.93. The van der Waals surface area contributed by atoms with Crippen LogP contribution in [0.1, 0.15) is 31.4 Å². The van der Waals surface area contributed by atoms with E-state index in [1.165, 1.54) is 12.1 Å². The molecule has 0 saturated carbocycles. The number of rotatable bonds is 4. The molecule has 0 bridgehead atoms. The van der Waals surface area contributed by atoms with E-state index < -0.39 is 18.0 Å². The van der Waals surface area contributed by atoms with Crippen molar-refractivity contribution in [3.63, 3.8) is 0 Å². The molecule has 1 saturated heterocycles. The van der Waals surface area contributed by atoms with Gasteiger partial charge < -0.3 is 15.8 Å². The summed E-state index contributed by atoms with van der Waals surface area (Å²) in [5.41, 5.74) is 5.87. The molecule has 0 spiro atoms. The first-order valence-electron chi connectivity index (χ1n) is 6.73. The highest BCUT2D eigenvalue weighted by Crippen LogP contribution is 2.32. The maximum absolute atomic E-state index is 13.5. The van der Waals surface area contributed by atoms with E-state index in [-0.39, 0.29) is 29.4 Å². The second kappa shape index (κ2) is 8.31. The Labute approximate surface area is 144 Å². The Hall–Kier alpha value is -0.590. The van der Waals surface area contributed by atoms with Gasteiger partial charge in [-0.1, -0.05) is 23.2 Å². The zero-order valence-electron chi connectivity index (χ0n) is 11.9. The highest BCUT2D eigenvalue weighted by atomic mass is 35.5. The largest absolute Gasteiger partial charge is 0.364 e. The topological polar surface area (TPSA) is 64.4 Å². The smallest absolute Gasteiger partial charge is 0.249 e. The molecular weight excluding hydrogens is 354 g/mol. The van der Waals surface area contributed by atoms with Crippen LogP contribution in [-0.4, -0.2) is 24.7 Å². The van der Waals surface area contributed by atoms with Gasteiger partial charge in [0.1, 0.15) is 11.9 Å². The summed E-state index contributed by atoms with van der Waals surface area (Å²) < 4.78 is 19.0. The summed E-state index contributed by atoms with van der Waals surface area (Å²) in [5, 5.41) is 2.98. The number of carbonyl (C=O) groups is 1. The second-order valence-electron chi connectivity index (χ2n) is 5.05. The molecule has 1 aromatic carbocycles. The van der Waals surface area contributed by atoms with Gasteiger partial charge in [0, 0.05) is 17.1 Å². The third-order valence-corrected chi connectivity index (χ3v) is 4.25. The van der Waals surface area contributed by atoms with Crippen molar-refractivity contribution in [2.45, 2.75) is 38.0 Å². The predicted molar refractivity (Wildman–Crippen MR) is 87.2 cm³/mol. The molecule has 1 unspecified atom stereocenters.